The van der Waals surface area contributed by atoms with Gasteiger partial charge in [-0.3, -0.25) is 9.59 Å². The zero-order valence-corrected chi connectivity index (χ0v) is 11.1. The molecule has 8 heteroatoms. The molecule has 0 radical (unpaired) electrons. The van der Waals surface area contributed by atoms with Crippen LogP contribution in [0.4, 0.5) is 18.9 Å². The maximum atomic E-state index is 12.0. The van der Waals surface area contributed by atoms with E-state index in [1.165, 1.54) is 17.4 Å². The standard InChI is InChI=1S/C14H11F3N2O3/c15-14(16,17)13(22)18-7-12(21)19-10-5-1-4-9-8(10)3-2-6-11(9)20/h1-6,20H,7H2,(H,18,22)(H,19,21). The third-order valence-electron chi connectivity index (χ3n) is 2.84. The van der Waals surface area contributed by atoms with Crippen LogP contribution in [0.15, 0.2) is 36.4 Å². The molecule has 0 aromatic heterocycles. The topological polar surface area (TPSA) is 78.4 Å². The second-order valence-corrected chi connectivity index (χ2v) is 4.41. The minimum atomic E-state index is -5.04. The number of amides is 2. The molecule has 22 heavy (non-hydrogen) atoms. The van der Waals surface area contributed by atoms with E-state index >= 15 is 0 Å². The van der Waals surface area contributed by atoms with Crippen molar-refractivity contribution in [1.82, 2.24) is 5.32 Å². The van der Waals surface area contributed by atoms with Crippen LogP contribution in [0.25, 0.3) is 10.8 Å². The van der Waals surface area contributed by atoms with Crippen molar-refractivity contribution in [3.63, 3.8) is 0 Å². The summed E-state index contributed by atoms with van der Waals surface area (Å²) in [5, 5.41) is 14.6. The number of aromatic hydroxyl groups is 1. The number of alkyl halides is 3. The molecule has 0 saturated carbocycles. The summed E-state index contributed by atoms with van der Waals surface area (Å²) in [6.07, 6.45) is -5.04. The molecule has 0 aliphatic carbocycles. The summed E-state index contributed by atoms with van der Waals surface area (Å²) in [6, 6.07) is 9.41. The van der Waals surface area contributed by atoms with Crippen molar-refractivity contribution in [1.29, 1.82) is 0 Å². The third-order valence-corrected chi connectivity index (χ3v) is 2.84. The summed E-state index contributed by atoms with van der Waals surface area (Å²) >= 11 is 0. The lowest BCUT2D eigenvalue weighted by molar-refractivity contribution is -0.173. The molecule has 2 aromatic rings. The molecular weight excluding hydrogens is 301 g/mol. The SMILES string of the molecule is O=C(CNC(=O)C(F)(F)F)Nc1cccc2c(O)cccc12. The van der Waals surface area contributed by atoms with Gasteiger partial charge in [-0.05, 0) is 12.1 Å². The number of nitrogens with one attached hydrogen (secondary N) is 2. The van der Waals surface area contributed by atoms with Crippen LogP contribution >= 0.6 is 0 Å². The van der Waals surface area contributed by atoms with E-state index in [-0.39, 0.29) is 5.75 Å². The molecule has 2 aromatic carbocycles. The van der Waals surface area contributed by atoms with Gasteiger partial charge < -0.3 is 15.7 Å². The Labute approximate surface area is 122 Å². The molecule has 0 saturated heterocycles. The van der Waals surface area contributed by atoms with E-state index in [4.69, 9.17) is 0 Å². The van der Waals surface area contributed by atoms with Crippen molar-refractivity contribution in [3.8, 4) is 5.75 Å². The van der Waals surface area contributed by atoms with Gasteiger partial charge in [0.2, 0.25) is 5.91 Å². The second kappa shape index (κ2) is 5.92. The summed E-state index contributed by atoms with van der Waals surface area (Å²) in [4.78, 5) is 22.2. The summed E-state index contributed by atoms with van der Waals surface area (Å²) < 4.78 is 36.0. The molecule has 2 amide bonds. The van der Waals surface area contributed by atoms with Gasteiger partial charge in [-0.1, -0.05) is 24.3 Å². The van der Waals surface area contributed by atoms with Crippen molar-refractivity contribution < 1.29 is 27.9 Å². The summed E-state index contributed by atoms with van der Waals surface area (Å²) in [5.74, 6) is -2.98. The molecule has 0 fully saturated rings. The van der Waals surface area contributed by atoms with Crippen LogP contribution in [0, 0.1) is 0 Å². The van der Waals surface area contributed by atoms with Crippen molar-refractivity contribution in [2.45, 2.75) is 6.18 Å². The predicted octanol–water partition coefficient (Wildman–Crippen LogP) is 2.16. The summed E-state index contributed by atoms with van der Waals surface area (Å²) in [7, 11) is 0. The van der Waals surface area contributed by atoms with Gasteiger partial charge in [0.25, 0.3) is 0 Å². The van der Waals surface area contributed by atoms with Gasteiger partial charge in [0.15, 0.2) is 0 Å². The van der Waals surface area contributed by atoms with Crippen LogP contribution in [-0.2, 0) is 9.59 Å². The predicted molar refractivity (Wildman–Crippen MR) is 73.3 cm³/mol. The lowest BCUT2D eigenvalue weighted by Crippen LogP contribution is -2.41. The number of rotatable bonds is 3. The number of halogens is 3. The quantitative estimate of drug-likeness (QED) is 0.812. The van der Waals surface area contributed by atoms with Gasteiger partial charge in [-0.2, -0.15) is 13.2 Å². The van der Waals surface area contributed by atoms with Gasteiger partial charge in [-0.25, -0.2) is 0 Å². The highest BCUT2D eigenvalue weighted by molar-refractivity contribution is 6.05. The highest BCUT2D eigenvalue weighted by Crippen LogP contribution is 2.29. The first-order valence-corrected chi connectivity index (χ1v) is 6.14. The van der Waals surface area contributed by atoms with Crippen molar-refractivity contribution in [2.24, 2.45) is 0 Å². The lowest BCUT2D eigenvalue weighted by atomic mass is 10.1. The minimum Gasteiger partial charge on any atom is -0.507 e. The van der Waals surface area contributed by atoms with Crippen molar-refractivity contribution in [2.75, 3.05) is 11.9 Å². The van der Waals surface area contributed by atoms with Crippen molar-refractivity contribution >= 4 is 28.3 Å². The fourth-order valence-electron chi connectivity index (χ4n) is 1.86. The molecule has 0 aliphatic heterocycles. The van der Waals surface area contributed by atoms with E-state index in [0.717, 1.165) is 0 Å². The fourth-order valence-corrected chi connectivity index (χ4v) is 1.86. The first-order chi connectivity index (χ1) is 10.3. The van der Waals surface area contributed by atoms with Gasteiger partial charge >= 0.3 is 12.1 Å². The van der Waals surface area contributed by atoms with Crippen LogP contribution in [0.3, 0.4) is 0 Å². The molecule has 5 nitrogen and oxygen atoms in total. The highest BCUT2D eigenvalue weighted by atomic mass is 19.4. The average molecular weight is 312 g/mol. The number of hydrogen-bond donors (Lipinski definition) is 3. The number of phenols is 1. The first-order valence-electron chi connectivity index (χ1n) is 6.14. The van der Waals surface area contributed by atoms with E-state index in [1.54, 1.807) is 24.3 Å². The van der Waals surface area contributed by atoms with E-state index in [1.807, 2.05) is 0 Å². The molecule has 0 heterocycles. The van der Waals surface area contributed by atoms with Crippen LogP contribution in [-0.4, -0.2) is 29.6 Å². The van der Waals surface area contributed by atoms with Crippen LogP contribution in [0.2, 0.25) is 0 Å². The van der Waals surface area contributed by atoms with Crippen molar-refractivity contribution in [3.05, 3.63) is 36.4 Å². The minimum absolute atomic E-state index is 0.0129. The lowest BCUT2D eigenvalue weighted by Gasteiger charge is -2.11. The number of fused-ring (bicyclic) bond motifs is 1. The third kappa shape index (κ3) is 3.46. The molecule has 0 unspecified atom stereocenters. The van der Waals surface area contributed by atoms with Gasteiger partial charge in [0.1, 0.15) is 5.75 Å². The first kappa shape index (κ1) is 15.6. The Bertz CT molecular complexity index is 729. The molecule has 2 rings (SSSR count). The van der Waals surface area contributed by atoms with E-state index in [0.29, 0.717) is 16.5 Å². The molecule has 0 spiro atoms. The number of benzene rings is 2. The van der Waals surface area contributed by atoms with Crippen LogP contribution in [0.5, 0.6) is 5.75 Å². The zero-order valence-electron chi connectivity index (χ0n) is 11.1. The Morgan fingerprint density at radius 1 is 1.05 bits per heavy atom. The maximum absolute atomic E-state index is 12.0. The number of hydrogen-bond acceptors (Lipinski definition) is 3. The number of carbonyl (C=O) groups excluding carboxylic acids is 2. The molecule has 0 bridgehead atoms. The molecule has 0 atom stereocenters. The number of phenolic OH excluding ortho intramolecular Hbond substituents is 1. The molecular formula is C14H11F3N2O3. The number of carbonyl (C=O) groups is 2. The zero-order chi connectivity index (χ0) is 16.3. The highest BCUT2D eigenvalue weighted by Gasteiger charge is 2.38. The fraction of sp³-hybridized carbons (Fsp3) is 0.143. The Kier molecular flexibility index (Phi) is 4.20. The Hall–Kier alpha value is -2.77. The Balaban J connectivity index is 2.10. The second-order valence-electron chi connectivity index (χ2n) is 4.41. The van der Waals surface area contributed by atoms with E-state index in [9.17, 15) is 27.9 Å². The molecule has 0 aliphatic rings. The van der Waals surface area contributed by atoms with Crippen LogP contribution < -0.4 is 10.6 Å². The summed E-state index contributed by atoms with van der Waals surface area (Å²) in [6.45, 7) is -0.812. The van der Waals surface area contributed by atoms with E-state index < -0.39 is 24.5 Å². The smallest absolute Gasteiger partial charge is 0.471 e. The largest absolute Gasteiger partial charge is 0.507 e. The monoisotopic (exact) mass is 312 g/mol. The molecule has 3 N–H and O–H groups in total. The number of anilines is 1. The van der Waals surface area contributed by atoms with E-state index in [2.05, 4.69) is 5.32 Å². The van der Waals surface area contributed by atoms with Gasteiger partial charge in [0, 0.05) is 16.5 Å². The summed E-state index contributed by atoms with van der Waals surface area (Å²) in [5.41, 5.74) is 0.319. The normalized spacial score (nSPS) is 11.2. The Morgan fingerprint density at radius 3 is 2.36 bits per heavy atom. The van der Waals surface area contributed by atoms with Gasteiger partial charge in [0.05, 0.1) is 6.54 Å². The van der Waals surface area contributed by atoms with Gasteiger partial charge in [-0.15, -0.1) is 0 Å². The molecule has 116 valence electrons. The maximum Gasteiger partial charge on any atom is 0.471 e. The average Bonchev–Trinajstić information content (AvgIpc) is 2.45. The Morgan fingerprint density at radius 2 is 1.68 bits per heavy atom. The van der Waals surface area contributed by atoms with Crippen LogP contribution in [0.1, 0.15) is 0 Å².